The first-order chi connectivity index (χ1) is 10.2. The smallest absolute Gasteiger partial charge is 0.143 e. The van der Waals surface area contributed by atoms with Crippen molar-refractivity contribution in [3.05, 3.63) is 15.1 Å². The summed E-state index contributed by atoms with van der Waals surface area (Å²) in [4.78, 5) is 9.71. The minimum Gasteiger partial charge on any atom is -0.372 e. The molecule has 21 heavy (non-hydrogen) atoms. The molecule has 0 atom stereocenters. The van der Waals surface area contributed by atoms with E-state index < -0.39 is 0 Å². The predicted octanol–water partition coefficient (Wildman–Crippen LogP) is 5.15. The van der Waals surface area contributed by atoms with Crippen molar-refractivity contribution < 1.29 is 0 Å². The maximum atomic E-state index is 4.91. The Morgan fingerprint density at radius 2 is 1.81 bits per heavy atom. The van der Waals surface area contributed by atoms with Crippen LogP contribution < -0.4 is 5.32 Å². The van der Waals surface area contributed by atoms with E-state index in [4.69, 9.17) is 9.97 Å². The molecule has 1 aromatic heterocycles. The first-order valence-corrected chi connectivity index (χ1v) is 9.51. The fourth-order valence-corrected chi connectivity index (χ4v) is 4.16. The fraction of sp³-hybridized carbons (Fsp3) is 0.765. The number of aromatic nitrogens is 2. The molecule has 1 aliphatic rings. The van der Waals surface area contributed by atoms with Gasteiger partial charge < -0.3 is 5.32 Å². The second-order valence-corrected chi connectivity index (χ2v) is 7.28. The largest absolute Gasteiger partial charge is 0.372 e. The van der Waals surface area contributed by atoms with Gasteiger partial charge in [-0.1, -0.05) is 33.1 Å². The highest BCUT2D eigenvalue weighted by Crippen LogP contribution is 2.37. The number of rotatable bonds is 6. The van der Waals surface area contributed by atoms with Crippen LogP contribution in [-0.2, 0) is 6.42 Å². The van der Waals surface area contributed by atoms with Gasteiger partial charge in [0.2, 0.25) is 0 Å². The Kier molecular flexibility index (Phi) is 6.71. The lowest BCUT2D eigenvalue weighted by Gasteiger charge is -2.28. The van der Waals surface area contributed by atoms with Crippen LogP contribution >= 0.6 is 22.6 Å². The second-order valence-electron chi connectivity index (χ2n) is 6.20. The van der Waals surface area contributed by atoms with Crippen LogP contribution in [0.1, 0.15) is 76.2 Å². The Hall–Kier alpha value is -0.390. The Bertz CT molecular complexity index is 454. The molecule has 0 spiro atoms. The van der Waals surface area contributed by atoms with E-state index in [1.165, 1.54) is 47.8 Å². The zero-order valence-electron chi connectivity index (χ0n) is 13.6. The number of aryl methyl sites for hydroxylation is 1. The monoisotopic (exact) mass is 401 g/mol. The number of hydrogen-bond donors (Lipinski definition) is 1. The molecule has 0 saturated heterocycles. The summed E-state index contributed by atoms with van der Waals surface area (Å²) >= 11 is 2.38. The lowest BCUT2D eigenvalue weighted by Crippen LogP contribution is -2.17. The van der Waals surface area contributed by atoms with Crippen LogP contribution in [0.15, 0.2) is 0 Å². The van der Waals surface area contributed by atoms with Gasteiger partial charge in [0, 0.05) is 13.0 Å². The minimum atomic E-state index is 0.567. The molecular weight excluding hydrogens is 373 g/mol. The van der Waals surface area contributed by atoms with Crippen LogP contribution in [0.5, 0.6) is 0 Å². The molecule has 0 radical (unpaired) electrons. The van der Waals surface area contributed by atoms with E-state index in [-0.39, 0.29) is 0 Å². The van der Waals surface area contributed by atoms with Crippen LogP contribution in [-0.4, -0.2) is 17.0 Å². The van der Waals surface area contributed by atoms with Gasteiger partial charge in [-0.2, -0.15) is 0 Å². The zero-order chi connectivity index (χ0) is 15.2. The van der Waals surface area contributed by atoms with Crippen molar-refractivity contribution in [2.45, 2.75) is 71.1 Å². The second kappa shape index (κ2) is 8.30. The third kappa shape index (κ3) is 4.30. The predicted molar refractivity (Wildman–Crippen MR) is 97.9 cm³/mol. The summed E-state index contributed by atoms with van der Waals surface area (Å²) in [6, 6.07) is 0. The van der Waals surface area contributed by atoms with E-state index in [2.05, 4.69) is 41.8 Å². The molecule has 0 aromatic carbocycles. The van der Waals surface area contributed by atoms with Gasteiger partial charge in [-0.05, 0) is 60.6 Å². The Labute approximate surface area is 142 Å². The maximum absolute atomic E-state index is 4.91. The SMILES string of the molecule is CCCc1nc(C2CCC(CCC)CC2)nc(NC)c1I. The van der Waals surface area contributed by atoms with Crippen LogP contribution in [0, 0.1) is 9.49 Å². The number of nitrogens with zero attached hydrogens (tertiary/aromatic N) is 2. The molecule has 0 bridgehead atoms. The number of hydrogen-bond acceptors (Lipinski definition) is 3. The Morgan fingerprint density at radius 3 is 2.38 bits per heavy atom. The molecule has 118 valence electrons. The van der Waals surface area contributed by atoms with Gasteiger partial charge >= 0.3 is 0 Å². The molecule has 4 heteroatoms. The summed E-state index contributed by atoms with van der Waals surface area (Å²) < 4.78 is 1.19. The summed E-state index contributed by atoms with van der Waals surface area (Å²) in [7, 11) is 1.96. The zero-order valence-corrected chi connectivity index (χ0v) is 15.7. The van der Waals surface area contributed by atoms with E-state index in [0.717, 1.165) is 30.4 Å². The van der Waals surface area contributed by atoms with Crippen molar-refractivity contribution in [1.82, 2.24) is 9.97 Å². The molecule has 0 aliphatic heterocycles. The third-order valence-electron chi connectivity index (χ3n) is 4.57. The van der Waals surface area contributed by atoms with Gasteiger partial charge in [-0.25, -0.2) is 9.97 Å². The van der Waals surface area contributed by atoms with Gasteiger partial charge in [0.05, 0.1) is 9.26 Å². The van der Waals surface area contributed by atoms with Crippen molar-refractivity contribution in [2.75, 3.05) is 12.4 Å². The highest BCUT2D eigenvalue weighted by atomic mass is 127. The molecule has 1 fully saturated rings. The highest BCUT2D eigenvalue weighted by molar-refractivity contribution is 14.1. The topological polar surface area (TPSA) is 37.8 Å². The Balaban J connectivity index is 2.14. The first kappa shape index (κ1) is 17.0. The summed E-state index contributed by atoms with van der Waals surface area (Å²) in [5, 5.41) is 3.24. The van der Waals surface area contributed by atoms with Crippen molar-refractivity contribution in [3.63, 3.8) is 0 Å². The quantitative estimate of drug-likeness (QED) is 0.670. The third-order valence-corrected chi connectivity index (χ3v) is 5.70. The van der Waals surface area contributed by atoms with Crippen molar-refractivity contribution in [2.24, 2.45) is 5.92 Å². The first-order valence-electron chi connectivity index (χ1n) is 8.43. The van der Waals surface area contributed by atoms with Gasteiger partial charge in [-0.15, -0.1) is 0 Å². The lowest BCUT2D eigenvalue weighted by atomic mass is 9.80. The Morgan fingerprint density at radius 1 is 1.10 bits per heavy atom. The number of anilines is 1. The average Bonchev–Trinajstić information content (AvgIpc) is 2.51. The minimum absolute atomic E-state index is 0.567. The standard InChI is InChI=1S/C17H28IN3/c1-4-6-12-8-10-13(11-9-12)16-20-14(7-5-2)15(18)17(19-3)21-16/h12-13H,4-11H2,1-3H3,(H,19,20,21). The van der Waals surface area contributed by atoms with E-state index in [1.807, 2.05) is 7.05 Å². The van der Waals surface area contributed by atoms with Gasteiger partial charge in [-0.3, -0.25) is 0 Å². The van der Waals surface area contributed by atoms with Crippen LogP contribution in [0.4, 0.5) is 5.82 Å². The van der Waals surface area contributed by atoms with E-state index in [0.29, 0.717) is 5.92 Å². The fourth-order valence-electron chi connectivity index (χ4n) is 3.38. The number of halogens is 1. The molecule has 2 rings (SSSR count). The van der Waals surface area contributed by atoms with Crippen LogP contribution in [0.2, 0.25) is 0 Å². The van der Waals surface area contributed by atoms with Crippen molar-refractivity contribution >= 4 is 28.4 Å². The molecule has 0 amide bonds. The van der Waals surface area contributed by atoms with E-state index >= 15 is 0 Å². The molecular formula is C17H28IN3. The van der Waals surface area contributed by atoms with E-state index in [9.17, 15) is 0 Å². The maximum Gasteiger partial charge on any atom is 0.143 e. The lowest BCUT2D eigenvalue weighted by molar-refractivity contribution is 0.302. The highest BCUT2D eigenvalue weighted by Gasteiger charge is 2.25. The van der Waals surface area contributed by atoms with Crippen molar-refractivity contribution in [1.29, 1.82) is 0 Å². The molecule has 1 heterocycles. The van der Waals surface area contributed by atoms with Gasteiger partial charge in [0.25, 0.3) is 0 Å². The summed E-state index contributed by atoms with van der Waals surface area (Å²) in [6.07, 6.45) is 10.1. The molecule has 0 unspecified atom stereocenters. The summed E-state index contributed by atoms with van der Waals surface area (Å²) in [6.45, 7) is 4.51. The number of nitrogens with one attached hydrogen (secondary N) is 1. The van der Waals surface area contributed by atoms with Gasteiger partial charge in [0.15, 0.2) is 0 Å². The normalized spacial score (nSPS) is 22.3. The van der Waals surface area contributed by atoms with Crippen LogP contribution in [0.3, 0.4) is 0 Å². The molecule has 1 aliphatic carbocycles. The summed E-state index contributed by atoms with van der Waals surface area (Å²) in [5.41, 5.74) is 1.23. The average molecular weight is 401 g/mol. The molecule has 1 saturated carbocycles. The summed E-state index contributed by atoms with van der Waals surface area (Å²) in [5.74, 6) is 3.60. The van der Waals surface area contributed by atoms with Crippen molar-refractivity contribution in [3.8, 4) is 0 Å². The van der Waals surface area contributed by atoms with E-state index in [1.54, 1.807) is 0 Å². The molecule has 1 N–H and O–H groups in total. The van der Waals surface area contributed by atoms with Gasteiger partial charge in [0.1, 0.15) is 11.6 Å². The van der Waals surface area contributed by atoms with Crippen LogP contribution in [0.25, 0.3) is 0 Å². The molecule has 1 aromatic rings. The molecule has 3 nitrogen and oxygen atoms in total.